The number of anilines is 1. The van der Waals surface area contributed by atoms with E-state index in [9.17, 15) is 0 Å². The van der Waals surface area contributed by atoms with Gasteiger partial charge in [-0.15, -0.1) is 0 Å². The number of rotatable bonds is 4. The lowest BCUT2D eigenvalue weighted by Gasteiger charge is -2.33. The zero-order valence-corrected chi connectivity index (χ0v) is 19.8. The zero-order chi connectivity index (χ0) is 22.6. The lowest BCUT2D eigenvalue weighted by molar-refractivity contribution is -0.134. The van der Waals surface area contributed by atoms with Gasteiger partial charge in [0, 0.05) is 23.7 Å². The molecule has 0 spiro atoms. The van der Waals surface area contributed by atoms with Gasteiger partial charge >= 0.3 is 0 Å². The predicted octanol–water partition coefficient (Wildman–Crippen LogP) is 5.87. The Kier molecular flexibility index (Phi) is 7.02. The Hall–Kier alpha value is -2.84. The fourth-order valence-corrected chi connectivity index (χ4v) is 6.24. The number of carbonyl (C=O) groups is 1. The molecular weight excluding hydrogens is 432 g/mol. The first-order chi connectivity index (χ1) is 14.8. The monoisotopic (exact) mass is 458 g/mol. The van der Waals surface area contributed by atoms with Crippen molar-refractivity contribution in [2.75, 3.05) is 19.0 Å². The second-order valence-electron chi connectivity index (χ2n) is 7.37. The van der Waals surface area contributed by atoms with Crippen molar-refractivity contribution in [3.8, 4) is 22.6 Å². The van der Waals surface area contributed by atoms with Gasteiger partial charge in [-0.2, -0.15) is 0 Å². The van der Waals surface area contributed by atoms with Gasteiger partial charge in [0.25, 0.3) is 5.97 Å². The summed E-state index contributed by atoms with van der Waals surface area (Å²) in [7, 11) is 5.16. The van der Waals surface area contributed by atoms with Crippen molar-refractivity contribution in [3.63, 3.8) is 0 Å². The molecule has 0 amide bonds. The number of nitrogens with one attached hydrogen (secondary N) is 1. The molecule has 8 heteroatoms. The normalized spacial score (nSPS) is 13.8. The average Bonchev–Trinajstić information content (AvgIpc) is 3.14. The van der Waals surface area contributed by atoms with Crippen molar-refractivity contribution in [1.82, 2.24) is 0 Å². The minimum Gasteiger partial charge on any atom is -0.494 e. The average molecular weight is 459 g/mol. The number of para-hydroxylation sites is 2. The van der Waals surface area contributed by atoms with Crippen LogP contribution in [0.4, 0.5) is 11.4 Å². The lowest BCUT2D eigenvalue weighted by atomic mass is 9.90. The Balaban J connectivity index is 0.000000628. The Morgan fingerprint density at radius 1 is 1.19 bits per heavy atom. The Morgan fingerprint density at radius 2 is 1.90 bits per heavy atom. The van der Waals surface area contributed by atoms with Crippen LogP contribution in [0, 0.1) is 0 Å². The van der Waals surface area contributed by atoms with Gasteiger partial charge in [0.05, 0.1) is 24.1 Å². The van der Waals surface area contributed by atoms with E-state index in [1.807, 2.05) is 37.3 Å². The van der Waals surface area contributed by atoms with Crippen LogP contribution in [0.2, 0.25) is 0 Å². The van der Waals surface area contributed by atoms with Crippen molar-refractivity contribution < 1.29 is 19.4 Å². The summed E-state index contributed by atoms with van der Waals surface area (Å²) in [6, 6.07) is 14.1. The summed E-state index contributed by atoms with van der Waals surface area (Å²) in [5.41, 5.74) is 4.14. The molecule has 1 aromatic heterocycles. The number of carboxylic acids is 1. The van der Waals surface area contributed by atoms with E-state index in [1.165, 1.54) is 10.4 Å². The number of hydrogen-bond acceptors (Lipinski definition) is 7. The number of methoxy groups -OCH3 is 1. The van der Waals surface area contributed by atoms with Crippen LogP contribution in [0.5, 0.6) is 11.5 Å². The van der Waals surface area contributed by atoms with Crippen LogP contribution < -0.4 is 19.5 Å². The molecule has 2 N–H and O–H groups in total. The zero-order valence-electron chi connectivity index (χ0n) is 18.2. The number of aliphatic carboxylic acids is 1. The molecule has 31 heavy (non-hydrogen) atoms. The van der Waals surface area contributed by atoms with Crippen LogP contribution in [0.15, 0.2) is 47.5 Å². The van der Waals surface area contributed by atoms with Gasteiger partial charge in [-0.05, 0) is 51.1 Å². The molecule has 6 nitrogen and oxygen atoms in total. The van der Waals surface area contributed by atoms with Crippen molar-refractivity contribution in [2.45, 2.75) is 33.2 Å². The maximum absolute atomic E-state index is 9.00. The quantitative estimate of drug-likeness (QED) is 0.478. The number of nitrogens with zero attached hydrogens (tertiary/aromatic N) is 1. The van der Waals surface area contributed by atoms with E-state index in [1.54, 1.807) is 27.8 Å². The second-order valence-corrected chi connectivity index (χ2v) is 9.50. The number of benzene rings is 2. The van der Waals surface area contributed by atoms with Gasteiger partial charge in [0.1, 0.15) is 21.9 Å². The third-order valence-corrected chi connectivity index (χ3v) is 7.18. The highest BCUT2D eigenvalue weighted by Crippen LogP contribution is 2.46. The summed E-state index contributed by atoms with van der Waals surface area (Å²) in [4.78, 5) is 15.3. The van der Waals surface area contributed by atoms with E-state index in [-0.39, 0.29) is 5.54 Å². The van der Waals surface area contributed by atoms with Crippen molar-refractivity contribution in [3.05, 3.63) is 52.0 Å². The molecule has 0 saturated carbocycles. The first kappa shape index (κ1) is 22.8. The van der Waals surface area contributed by atoms with Gasteiger partial charge < -0.3 is 19.9 Å². The summed E-state index contributed by atoms with van der Waals surface area (Å²) in [6.45, 7) is 8.15. The molecule has 0 unspecified atom stereocenters. The van der Waals surface area contributed by atoms with E-state index in [2.05, 4.69) is 31.3 Å². The first-order valence-electron chi connectivity index (χ1n) is 9.83. The molecule has 2 heterocycles. The molecule has 3 aromatic rings. The highest BCUT2D eigenvalue weighted by Gasteiger charge is 2.33. The molecule has 0 aliphatic carbocycles. The van der Waals surface area contributed by atoms with Crippen LogP contribution in [0.1, 0.15) is 32.6 Å². The van der Waals surface area contributed by atoms with Gasteiger partial charge in [0.2, 0.25) is 0 Å². The summed E-state index contributed by atoms with van der Waals surface area (Å²) < 4.78 is 12.2. The van der Waals surface area contributed by atoms with Crippen LogP contribution in [-0.4, -0.2) is 24.8 Å². The molecule has 2 aromatic carbocycles. The molecule has 0 radical (unpaired) electrons. The SMILES string of the molecule is CC(=O)O.CCOc1ccc2c(c1)-c1c(ssc1=Nc1ccccc1OC)C(C)(C)N2. The minimum atomic E-state index is -0.833. The van der Waals surface area contributed by atoms with Crippen LogP contribution in [0.25, 0.3) is 11.1 Å². The Morgan fingerprint density at radius 3 is 2.58 bits per heavy atom. The standard InChI is InChI=1S/C21H22N2O2S2.C2H4O2/c1-5-25-13-10-11-15-14(12-13)18-19(21(2,3)23-15)26-27-20(18)22-16-8-6-7-9-17(16)24-4;1-2(3)4/h6-12,23H,5H2,1-4H3;1H3,(H,3,4). The van der Waals surface area contributed by atoms with E-state index < -0.39 is 5.97 Å². The molecular formula is C23H26N2O4S2. The third-order valence-electron chi connectivity index (χ3n) is 4.54. The predicted molar refractivity (Wildman–Crippen MR) is 127 cm³/mol. The number of ether oxygens (including phenoxy) is 2. The van der Waals surface area contributed by atoms with Crippen LogP contribution >= 0.6 is 20.7 Å². The highest BCUT2D eigenvalue weighted by atomic mass is 32.9. The smallest absolute Gasteiger partial charge is 0.300 e. The van der Waals surface area contributed by atoms with E-state index in [0.717, 1.165) is 40.0 Å². The van der Waals surface area contributed by atoms with Crippen LogP contribution in [-0.2, 0) is 10.3 Å². The van der Waals surface area contributed by atoms with Gasteiger partial charge in [-0.1, -0.05) is 32.8 Å². The van der Waals surface area contributed by atoms with E-state index >= 15 is 0 Å². The molecule has 0 fully saturated rings. The number of hydrogen-bond donors (Lipinski definition) is 2. The molecule has 4 rings (SSSR count). The molecule has 1 aliphatic heterocycles. The number of carboxylic acid groups (broad SMARTS) is 1. The van der Waals surface area contributed by atoms with Crippen molar-refractivity contribution >= 4 is 38.0 Å². The summed E-state index contributed by atoms with van der Waals surface area (Å²) in [5.74, 6) is 0.823. The van der Waals surface area contributed by atoms with E-state index in [0.29, 0.717) is 6.61 Å². The van der Waals surface area contributed by atoms with Crippen molar-refractivity contribution in [1.29, 1.82) is 0 Å². The Bertz CT molecular complexity index is 1140. The lowest BCUT2D eigenvalue weighted by Crippen LogP contribution is -2.31. The second kappa shape index (κ2) is 9.53. The maximum Gasteiger partial charge on any atom is 0.300 e. The Labute approximate surface area is 189 Å². The summed E-state index contributed by atoms with van der Waals surface area (Å²) in [6.07, 6.45) is 0. The van der Waals surface area contributed by atoms with Crippen LogP contribution in [0.3, 0.4) is 0 Å². The number of fused-ring (bicyclic) bond motifs is 3. The van der Waals surface area contributed by atoms with Gasteiger partial charge in [-0.25, -0.2) is 4.99 Å². The molecule has 164 valence electrons. The van der Waals surface area contributed by atoms with Crippen molar-refractivity contribution in [2.24, 2.45) is 4.99 Å². The summed E-state index contributed by atoms with van der Waals surface area (Å²) in [5, 5.41) is 11.1. The molecule has 0 bridgehead atoms. The topological polar surface area (TPSA) is 80.2 Å². The maximum atomic E-state index is 9.00. The molecule has 0 saturated heterocycles. The third kappa shape index (κ3) is 5.08. The fraction of sp³-hybridized carbons (Fsp3) is 0.304. The fourth-order valence-electron chi connectivity index (χ4n) is 3.31. The summed E-state index contributed by atoms with van der Waals surface area (Å²) >= 11 is 0. The largest absolute Gasteiger partial charge is 0.494 e. The molecule has 0 atom stereocenters. The molecule has 1 aliphatic rings. The minimum absolute atomic E-state index is 0.148. The van der Waals surface area contributed by atoms with Gasteiger partial charge in [-0.3, -0.25) is 4.79 Å². The highest BCUT2D eigenvalue weighted by molar-refractivity contribution is 7.68. The first-order valence-corrected chi connectivity index (χ1v) is 12.0. The van der Waals surface area contributed by atoms with E-state index in [4.69, 9.17) is 24.4 Å². The van der Waals surface area contributed by atoms with Gasteiger partial charge in [0.15, 0.2) is 0 Å².